The number of rotatable bonds is 8. The molecule has 1 atom stereocenters. The summed E-state index contributed by atoms with van der Waals surface area (Å²) in [5.74, 6) is 1.74. The summed E-state index contributed by atoms with van der Waals surface area (Å²) in [5, 5.41) is 3.17. The van der Waals surface area contributed by atoms with Crippen molar-refractivity contribution in [2.24, 2.45) is 7.05 Å². The zero-order chi connectivity index (χ0) is 20.8. The standard InChI is InChI=1S/C25H29N3O2/c1-28-17-16-26-25(28)24(20-9-3-2-4-10-20)27-23(29)15-14-19-8-7-13-22(18-19)30-21-11-5-6-12-21/h2-4,7-10,13,16-18,21,24H,5-6,11-12,14-15H2,1H3,(H,27,29). The van der Waals surface area contributed by atoms with Crippen LogP contribution in [0.1, 0.15) is 55.1 Å². The lowest BCUT2D eigenvalue weighted by molar-refractivity contribution is -0.121. The van der Waals surface area contributed by atoms with Crippen LogP contribution in [0, 0.1) is 0 Å². The number of nitrogens with zero attached hydrogens (tertiary/aromatic N) is 2. The molecule has 1 aliphatic carbocycles. The van der Waals surface area contributed by atoms with E-state index in [0.29, 0.717) is 18.9 Å². The van der Waals surface area contributed by atoms with Crippen LogP contribution in [0.25, 0.3) is 0 Å². The highest BCUT2D eigenvalue weighted by Gasteiger charge is 2.20. The van der Waals surface area contributed by atoms with Crippen LogP contribution in [-0.2, 0) is 18.3 Å². The Balaban J connectivity index is 1.39. The number of carbonyl (C=O) groups excluding carboxylic acids is 1. The summed E-state index contributed by atoms with van der Waals surface area (Å²) in [5.41, 5.74) is 2.14. The Labute approximate surface area is 178 Å². The van der Waals surface area contributed by atoms with E-state index >= 15 is 0 Å². The van der Waals surface area contributed by atoms with Crippen molar-refractivity contribution in [2.45, 2.75) is 50.7 Å². The van der Waals surface area contributed by atoms with Gasteiger partial charge in [0.2, 0.25) is 5.91 Å². The predicted octanol–water partition coefficient (Wildman–Crippen LogP) is 4.58. The van der Waals surface area contributed by atoms with Crippen molar-refractivity contribution in [1.82, 2.24) is 14.9 Å². The molecule has 4 rings (SSSR count). The number of aryl methyl sites for hydroxylation is 2. The molecule has 0 bridgehead atoms. The van der Waals surface area contributed by atoms with Crippen LogP contribution < -0.4 is 10.1 Å². The van der Waals surface area contributed by atoms with Gasteiger partial charge in [-0.05, 0) is 55.4 Å². The normalized spacial score (nSPS) is 15.1. The van der Waals surface area contributed by atoms with Crippen LogP contribution >= 0.6 is 0 Å². The molecule has 0 spiro atoms. The van der Waals surface area contributed by atoms with Crippen molar-refractivity contribution in [3.8, 4) is 5.75 Å². The fraction of sp³-hybridized carbons (Fsp3) is 0.360. The predicted molar refractivity (Wildman–Crippen MR) is 117 cm³/mol. The second-order valence-corrected chi connectivity index (χ2v) is 7.98. The summed E-state index contributed by atoms with van der Waals surface area (Å²) in [7, 11) is 1.94. The van der Waals surface area contributed by atoms with Gasteiger partial charge in [-0.3, -0.25) is 4.79 Å². The van der Waals surface area contributed by atoms with Crippen molar-refractivity contribution in [1.29, 1.82) is 0 Å². The third kappa shape index (κ3) is 5.09. The van der Waals surface area contributed by atoms with Gasteiger partial charge >= 0.3 is 0 Å². The first-order valence-electron chi connectivity index (χ1n) is 10.8. The Bertz CT molecular complexity index is 961. The highest BCUT2D eigenvalue weighted by Crippen LogP contribution is 2.25. The second kappa shape index (κ2) is 9.61. The van der Waals surface area contributed by atoms with E-state index in [0.717, 1.165) is 35.5 Å². The van der Waals surface area contributed by atoms with Crippen LogP contribution in [0.4, 0.5) is 0 Å². The third-order valence-electron chi connectivity index (χ3n) is 5.70. The number of amides is 1. The molecule has 1 aromatic heterocycles. The number of hydrogen-bond donors (Lipinski definition) is 1. The van der Waals surface area contributed by atoms with Crippen LogP contribution in [-0.4, -0.2) is 21.6 Å². The largest absolute Gasteiger partial charge is 0.490 e. The Morgan fingerprint density at radius 2 is 1.97 bits per heavy atom. The minimum Gasteiger partial charge on any atom is -0.490 e. The number of aromatic nitrogens is 2. The molecule has 0 radical (unpaired) electrons. The zero-order valence-corrected chi connectivity index (χ0v) is 17.5. The number of hydrogen-bond acceptors (Lipinski definition) is 3. The Hall–Kier alpha value is -3.08. The number of ether oxygens (including phenoxy) is 1. The van der Waals surface area contributed by atoms with E-state index in [2.05, 4.69) is 22.4 Å². The van der Waals surface area contributed by atoms with Crippen molar-refractivity contribution in [3.05, 3.63) is 83.9 Å². The summed E-state index contributed by atoms with van der Waals surface area (Å²) in [6, 6.07) is 17.8. The molecule has 0 aliphatic heterocycles. The molecule has 1 fully saturated rings. The van der Waals surface area contributed by atoms with Gasteiger partial charge in [0.1, 0.15) is 17.6 Å². The molecule has 30 heavy (non-hydrogen) atoms. The number of nitrogens with one attached hydrogen (secondary N) is 1. The summed E-state index contributed by atoms with van der Waals surface area (Å²) in [4.78, 5) is 17.2. The maximum absolute atomic E-state index is 12.8. The Morgan fingerprint density at radius 1 is 1.17 bits per heavy atom. The molecular formula is C25H29N3O2. The van der Waals surface area contributed by atoms with Gasteiger partial charge in [0.25, 0.3) is 0 Å². The average Bonchev–Trinajstić information content (AvgIpc) is 3.43. The molecule has 5 nitrogen and oxygen atoms in total. The number of benzene rings is 2. The lowest BCUT2D eigenvalue weighted by Crippen LogP contribution is -2.31. The lowest BCUT2D eigenvalue weighted by atomic mass is 10.0. The van der Waals surface area contributed by atoms with Gasteiger partial charge < -0.3 is 14.6 Å². The molecule has 1 N–H and O–H groups in total. The quantitative estimate of drug-likeness (QED) is 0.599. The molecule has 3 aromatic rings. The van der Waals surface area contributed by atoms with E-state index in [1.54, 1.807) is 6.20 Å². The first-order valence-corrected chi connectivity index (χ1v) is 10.8. The SMILES string of the molecule is Cn1ccnc1C(NC(=O)CCc1cccc(OC2CCCC2)c1)c1ccccc1. The number of carbonyl (C=O) groups is 1. The third-order valence-corrected chi connectivity index (χ3v) is 5.70. The topological polar surface area (TPSA) is 56.2 Å². The smallest absolute Gasteiger partial charge is 0.221 e. The molecule has 1 unspecified atom stereocenters. The van der Waals surface area contributed by atoms with Crippen LogP contribution in [0.5, 0.6) is 5.75 Å². The van der Waals surface area contributed by atoms with E-state index < -0.39 is 0 Å². The molecule has 1 heterocycles. The highest BCUT2D eigenvalue weighted by molar-refractivity contribution is 5.77. The molecule has 2 aromatic carbocycles. The first-order chi connectivity index (χ1) is 14.7. The van der Waals surface area contributed by atoms with Crippen LogP contribution in [0.15, 0.2) is 67.0 Å². The Kier molecular flexibility index (Phi) is 6.47. The van der Waals surface area contributed by atoms with E-state index in [-0.39, 0.29) is 11.9 Å². The molecule has 1 aliphatic rings. The van der Waals surface area contributed by atoms with Gasteiger partial charge in [0, 0.05) is 25.9 Å². The minimum absolute atomic E-state index is 0.00830. The molecule has 1 amide bonds. The van der Waals surface area contributed by atoms with E-state index in [9.17, 15) is 4.79 Å². The molecule has 1 saturated carbocycles. The molecule has 0 saturated heterocycles. The summed E-state index contributed by atoms with van der Waals surface area (Å²) in [6.45, 7) is 0. The van der Waals surface area contributed by atoms with Crippen molar-refractivity contribution < 1.29 is 9.53 Å². The van der Waals surface area contributed by atoms with Crippen molar-refractivity contribution in [3.63, 3.8) is 0 Å². The first kappa shape index (κ1) is 20.2. The van der Waals surface area contributed by atoms with Gasteiger partial charge in [0.05, 0.1) is 6.10 Å². The van der Waals surface area contributed by atoms with Gasteiger partial charge in [0.15, 0.2) is 0 Å². The lowest BCUT2D eigenvalue weighted by Gasteiger charge is -2.19. The average molecular weight is 404 g/mol. The minimum atomic E-state index is -0.268. The second-order valence-electron chi connectivity index (χ2n) is 7.98. The van der Waals surface area contributed by atoms with Gasteiger partial charge in [-0.15, -0.1) is 0 Å². The van der Waals surface area contributed by atoms with E-state index in [1.165, 1.54) is 12.8 Å². The Morgan fingerprint density at radius 3 is 2.70 bits per heavy atom. The van der Waals surface area contributed by atoms with Gasteiger partial charge in [-0.1, -0.05) is 42.5 Å². The maximum atomic E-state index is 12.8. The molecule has 5 heteroatoms. The van der Waals surface area contributed by atoms with E-state index in [4.69, 9.17) is 4.74 Å². The van der Waals surface area contributed by atoms with Crippen LogP contribution in [0.2, 0.25) is 0 Å². The molecular weight excluding hydrogens is 374 g/mol. The summed E-state index contributed by atoms with van der Waals surface area (Å²) >= 11 is 0. The monoisotopic (exact) mass is 403 g/mol. The van der Waals surface area contributed by atoms with Crippen molar-refractivity contribution >= 4 is 5.91 Å². The fourth-order valence-electron chi connectivity index (χ4n) is 4.06. The zero-order valence-electron chi connectivity index (χ0n) is 17.5. The van der Waals surface area contributed by atoms with Gasteiger partial charge in [-0.25, -0.2) is 4.98 Å². The fourth-order valence-corrected chi connectivity index (χ4v) is 4.06. The summed E-state index contributed by atoms with van der Waals surface area (Å²) in [6.07, 6.45) is 9.87. The number of imidazole rings is 1. The van der Waals surface area contributed by atoms with E-state index in [1.807, 2.05) is 60.3 Å². The van der Waals surface area contributed by atoms with Gasteiger partial charge in [-0.2, -0.15) is 0 Å². The van der Waals surface area contributed by atoms with Crippen molar-refractivity contribution in [2.75, 3.05) is 0 Å². The molecule has 156 valence electrons. The highest BCUT2D eigenvalue weighted by atomic mass is 16.5. The van der Waals surface area contributed by atoms with Crippen LogP contribution in [0.3, 0.4) is 0 Å². The maximum Gasteiger partial charge on any atom is 0.221 e. The summed E-state index contributed by atoms with van der Waals surface area (Å²) < 4.78 is 8.04.